The second kappa shape index (κ2) is 11.5. The fourth-order valence-electron chi connectivity index (χ4n) is 3.83. The zero-order valence-corrected chi connectivity index (χ0v) is 24.1. The Morgan fingerprint density at radius 2 is 1.30 bits per heavy atom. The van der Waals surface area contributed by atoms with E-state index in [0.717, 1.165) is 20.8 Å². The summed E-state index contributed by atoms with van der Waals surface area (Å²) in [6.07, 6.45) is -1.09. The first-order valence-electron chi connectivity index (χ1n) is 12.4. The van der Waals surface area contributed by atoms with Gasteiger partial charge in [-0.3, -0.25) is 9.59 Å². The first-order chi connectivity index (χ1) is 18.2. The third kappa shape index (κ3) is 6.74. The third-order valence-electron chi connectivity index (χ3n) is 6.52. The molecule has 40 heavy (non-hydrogen) atoms. The quantitative estimate of drug-likeness (QED) is 0.216. The molecule has 0 heterocycles. The zero-order valence-electron chi connectivity index (χ0n) is 24.1. The number of carbonyl (C=O) groups excluding carboxylic acids is 3. The topological polar surface area (TPSA) is 90.9 Å². The van der Waals surface area contributed by atoms with Crippen molar-refractivity contribution in [1.29, 1.82) is 0 Å². The summed E-state index contributed by atoms with van der Waals surface area (Å²) in [4.78, 5) is 40.2. The number of rotatable bonds is 9. The van der Waals surface area contributed by atoms with Crippen LogP contribution < -0.4 is 10.1 Å². The number of halogens is 4. The standard InChI is InChI=1S/C29H35F4NO6/c1-16-18(30)20(32)22(21(33)19(16)31)39-28(7,8)23(35)29(9,34-25(37)40-26(2,3)4)27(5,6)24(36)38-15-17-13-11-10-12-14-17/h10-14H,15H2,1-9H3,(H,34,37)/t29-/m0/s1. The fraction of sp³-hybridized carbons (Fsp3) is 0.483. The van der Waals surface area contributed by atoms with Crippen molar-refractivity contribution in [2.45, 2.75) is 85.7 Å². The molecule has 1 amide bonds. The molecule has 2 aromatic carbocycles. The highest BCUT2D eigenvalue weighted by molar-refractivity contribution is 6.02. The number of carbonyl (C=O) groups is 3. The minimum Gasteiger partial charge on any atom is -0.474 e. The molecular weight excluding hydrogens is 534 g/mol. The number of benzene rings is 2. The number of alkyl carbamates (subject to hydrolysis) is 1. The molecule has 2 rings (SSSR count). The van der Waals surface area contributed by atoms with Crippen molar-refractivity contribution in [3.05, 3.63) is 64.7 Å². The summed E-state index contributed by atoms with van der Waals surface area (Å²) >= 11 is 0. The van der Waals surface area contributed by atoms with Crippen molar-refractivity contribution < 1.29 is 46.2 Å². The highest BCUT2D eigenvalue weighted by atomic mass is 19.2. The van der Waals surface area contributed by atoms with Crippen molar-refractivity contribution in [2.75, 3.05) is 0 Å². The summed E-state index contributed by atoms with van der Waals surface area (Å²) in [7, 11) is 0. The lowest BCUT2D eigenvalue weighted by Crippen LogP contribution is -2.69. The highest BCUT2D eigenvalue weighted by Gasteiger charge is 2.58. The lowest BCUT2D eigenvalue weighted by Gasteiger charge is -2.44. The Bertz CT molecular complexity index is 1260. The number of ketones is 1. The maximum Gasteiger partial charge on any atom is 0.408 e. The van der Waals surface area contributed by atoms with Gasteiger partial charge in [0, 0.05) is 5.56 Å². The maximum atomic E-state index is 14.6. The molecule has 0 saturated carbocycles. The second-order valence-corrected chi connectivity index (χ2v) is 11.6. The van der Waals surface area contributed by atoms with Gasteiger partial charge >= 0.3 is 12.1 Å². The van der Waals surface area contributed by atoms with Crippen LogP contribution in [0.15, 0.2) is 30.3 Å². The smallest absolute Gasteiger partial charge is 0.408 e. The largest absolute Gasteiger partial charge is 0.474 e. The number of nitrogens with one attached hydrogen (secondary N) is 1. The average molecular weight is 570 g/mol. The van der Waals surface area contributed by atoms with Crippen LogP contribution in [0.2, 0.25) is 0 Å². The predicted octanol–water partition coefficient (Wildman–Crippen LogP) is 6.33. The Hall–Kier alpha value is -3.63. The lowest BCUT2D eigenvalue weighted by atomic mass is 9.67. The van der Waals surface area contributed by atoms with E-state index >= 15 is 0 Å². The third-order valence-corrected chi connectivity index (χ3v) is 6.52. The highest BCUT2D eigenvalue weighted by Crippen LogP contribution is 2.39. The van der Waals surface area contributed by atoms with Crippen LogP contribution in [-0.2, 0) is 25.7 Å². The van der Waals surface area contributed by atoms with E-state index in [1.807, 2.05) is 0 Å². The van der Waals surface area contributed by atoms with E-state index in [2.05, 4.69) is 5.32 Å². The molecule has 1 N–H and O–H groups in total. The van der Waals surface area contributed by atoms with Gasteiger partial charge in [0.1, 0.15) is 17.7 Å². The first kappa shape index (κ1) is 32.6. The molecule has 0 aliphatic rings. The van der Waals surface area contributed by atoms with E-state index in [4.69, 9.17) is 14.2 Å². The summed E-state index contributed by atoms with van der Waals surface area (Å²) < 4.78 is 73.7. The van der Waals surface area contributed by atoms with Gasteiger partial charge in [0.2, 0.25) is 17.4 Å². The molecule has 0 aromatic heterocycles. The summed E-state index contributed by atoms with van der Waals surface area (Å²) in [5.41, 5.74) is -7.54. The summed E-state index contributed by atoms with van der Waals surface area (Å²) in [5, 5.41) is 2.39. The molecule has 0 aliphatic carbocycles. The maximum absolute atomic E-state index is 14.6. The normalized spacial score (nSPS) is 13.7. The average Bonchev–Trinajstić information content (AvgIpc) is 2.86. The number of Topliss-reactive ketones (excluding diaryl/α,β-unsaturated/α-hetero) is 1. The molecule has 0 radical (unpaired) electrons. The van der Waals surface area contributed by atoms with Crippen LogP contribution in [0.25, 0.3) is 0 Å². The van der Waals surface area contributed by atoms with Crippen LogP contribution in [0.1, 0.15) is 66.5 Å². The fourth-order valence-corrected chi connectivity index (χ4v) is 3.83. The lowest BCUT2D eigenvalue weighted by molar-refractivity contribution is -0.166. The molecule has 0 saturated heterocycles. The number of esters is 1. The van der Waals surface area contributed by atoms with Gasteiger partial charge in [-0.25, -0.2) is 13.6 Å². The molecule has 0 spiro atoms. The Morgan fingerprint density at radius 3 is 1.77 bits per heavy atom. The Kier molecular flexibility index (Phi) is 9.34. The Balaban J connectivity index is 2.54. The van der Waals surface area contributed by atoms with Gasteiger partial charge in [-0.15, -0.1) is 0 Å². The van der Waals surface area contributed by atoms with Crippen molar-refractivity contribution in [3.63, 3.8) is 0 Å². The number of hydrogen-bond acceptors (Lipinski definition) is 6. The molecule has 0 fully saturated rings. The number of ether oxygens (including phenoxy) is 3. The van der Waals surface area contributed by atoms with E-state index in [0.29, 0.717) is 5.56 Å². The van der Waals surface area contributed by atoms with Crippen LogP contribution in [-0.4, -0.2) is 34.6 Å². The van der Waals surface area contributed by atoms with Gasteiger partial charge in [-0.05, 0) is 67.9 Å². The van der Waals surface area contributed by atoms with E-state index in [1.54, 1.807) is 51.1 Å². The molecule has 7 nitrogen and oxygen atoms in total. The number of amides is 1. The molecule has 220 valence electrons. The van der Waals surface area contributed by atoms with Crippen LogP contribution in [0.4, 0.5) is 22.4 Å². The van der Waals surface area contributed by atoms with Crippen molar-refractivity contribution >= 4 is 17.8 Å². The first-order valence-corrected chi connectivity index (χ1v) is 12.4. The van der Waals surface area contributed by atoms with Gasteiger partial charge in [0.05, 0.1) is 5.41 Å². The summed E-state index contributed by atoms with van der Waals surface area (Å²) in [5.74, 6) is -10.5. The summed E-state index contributed by atoms with van der Waals surface area (Å²) in [6.45, 7) is 11.4. The molecule has 0 aliphatic heterocycles. The molecule has 11 heteroatoms. The molecule has 0 bridgehead atoms. The van der Waals surface area contributed by atoms with Gasteiger partial charge in [0.25, 0.3) is 0 Å². The van der Waals surface area contributed by atoms with E-state index in [-0.39, 0.29) is 6.61 Å². The molecule has 1 atom stereocenters. The Morgan fingerprint density at radius 1 is 0.800 bits per heavy atom. The van der Waals surface area contributed by atoms with Crippen LogP contribution in [0, 0.1) is 35.6 Å². The number of hydrogen-bond donors (Lipinski definition) is 1. The minimum absolute atomic E-state index is 0.155. The van der Waals surface area contributed by atoms with Crippen molar-refractivity contribution in [2.24, 2.45) is 5.41 Å². The van der Waals surface area contributed by atoms with Crippen LogP contribution in [0.3, 0.4) is 0 Å². The Labute approximate surface area is 231 Å². The minimum atomic E-state index is -2.25. The predicted molar refractivity (Wildman–Crippen MR) is 139 cm³/mol. The SMILES string of the molecule is Cc1c(F)c(F)c(OC(C)(C)C(=O)[C@](C)(NC(=O)OC(C)(C)C)C(C)(C)C(=O)OCc2ccccc2)c(F)c1F. The monoisotopic (exact) mass is 569 g/mol. The van der Waals surface area contributed by atoms with Crippen molar-refractivity contribution in [1.82, 2.24) is 5.32 Å². The molecule has 0 unspecified atom stereocenters. The van der Waals surface area contributed by atoms with Crippen LogP contribution >= 0.6 is 0 Å². The molecular formula is C29H35F4NO6. The van der Waals surface area contributed by atoms with Crippen molar-refractivity contribution in [3.8, 4) is 5.75 Å². The van der Waals surface area contributed by atoms with E-state index < -0.39 is 74.6 Å². The van der Waals surface area contributed by atoms with Gasteiger partial charge in [-0.2, -0.15) is 8.78 Å². The summed E-state index contributed by atoms with van der Waals surface area (Å²) in [6, 6.07) is 8.67. The van der Waals surface area contributed by atoms with E-state index in [9.17, 15) is 31.9 Å². The van der Waals surface area contributed by atoms with Gasteiger partial charge in [-0.1, -0.05) is 30.3 Å². The van der Waals surface area contributed by atoms with Gasteiger partial charge in [0.15, 0.2) is 23.0 Å². The van der Waals surface area contributed by atoms with E-state index in [1.165, 1.54) is 20.8 Å². The second-order valence-electron chi connectivity index (χ2n) is 11.6. The molecule has 2 aromatic rings. The zero-order chi connectivity index (χ0) is 30.8. The van der Waals surface area contributed by atoms with Crippen LogP contribution in [0.5, 0.6) is 5.75 Å². The van der Waals surface area contributed by atoms with Gasteiger partial charge < -0.3 is 19.5 Å².